The predicted octanol–water partition coefficient (Wildman–Crippen LogP) is 3.89. The van der Waals surface area contributed by atoms with Crippen molar-refractivity contribution in [2.75, 3.05) is 41.7 Å². The molecule has 2 saturated heterocycles. The molecule has 0 aromatic carbocycles. The molecule has 2 aliphatic heterocycles. The largest absolute Gasteiger partial charge is 0.382 e. The molecule has 6 nitrogen and oxygen atoms in total. The molecule has 0 amide bonds. The van der Waals surface area contributed by atoms with E-state index in [0.717, 1.165) is 49.8 Å². The third-order valence-corrected chi connectivity index (χ3v) is 6.33. The van der Waals surface area contributed by atoms with E-state index in [1.807, 2.05) is 12.1 Å². The molecule has 27 heavy (non-hydrogen) atoms. The zero-order chi connectivity index (χ0) is 18.8. The van der Waals surface area contributed by atoms with Crippen molar-refractivity contribution in [2.45, 2.75) is 25.7 Å². The van der Waals surface area contributed by atoms with E-state index in [2.05, 4.69) is 24.8 Å². The lowest BCUT2D eigenvalue weighted by Crippen LogP contribution is -2.41. The van der Waals surface area contributed by atoms with Gasteiger partial charge in [0.15, 0.2) is 0 Å². The topological polar surface area (TPSA) is 71.2 Å². The maximum absolute atomic E-state index is 5.98. The molecule has 2 aromatic heterocycles. The van der Waals surface area contributed by atoms with Gasteiger partial charge in [-0.05, 0) is 49.7 Å². The first-order chi connectivity index (χ1) is 13.1. The van der Waals surface area contributed by atoms with Crippen LogP contribution in [0.4, 0.5) is 17.6 Å². The van der Waals surface area contributed by atoms with Crippen molar-refractivity contribution >= 4 is 40.8 Å². The number of nitrogens with zero attached hydrogens (tertiary/aromatic N) is 5. The number of nitrogens with two attached hydrogens (primary N) is 1. The number of rotatable bonds is 3. The molecule has 4 rings (SSSR count). The van der Waals surface area contributed by atoms with Gasteiger partial charge < -0.3 is 15.5 Å². The van der Waals surface area contributed by atoms with Crippen molar-refractivity contribution < 1.29 is 0 Å². The molecule has 2 fully saturated rings. The number of halogens is 2. The van der Waals surface area contributed by atoms with E-state index in [1.165, 1.54) is 25.7 Å². The lowest BCUT2D eigenvalue weighted by molar-refractivity contribution is 0.232. The fourth-order valence-corrected chi connectivity index (χ4v) is 4.47. The van der Waals surface area contributed by atoms with Gasteiger partial charge in [-0.15, -0.1) is 0 Å². The molecule has 8 heteroatoms. The number of hydrogen-bond donors (Lipinski definition) is 1. The summed E-state index contributed by atoms with van der Waals surface area (Å²) in [5, 5.41) is 1.10. The SMILES string of the molecule is Nc1nc(N2CCC(C3CCN(c4ncc(Cl)cn4)CC3)CC2)ccc1Cl. The normalized spacial score (nSPS) is 19.5. The van der Waals surface area contributed by atoms with Crippen LogP contribution < -0.4 is 15.5 Å². The van der Waals surface area contributed by atoms with Crippen molar-refractivity contribution in [3.8, 4) is 0 Å². The Morgan fingerprint density at radius 2 is 1.41 bits per heavy atom. The fraction of sp³-hybridized carbons (Fsp3) is 0.526. The Hall–Kier alpha value is -1.79. The van der Waals surface area contributed by atoms with Gasteiger partial charge in [-0.1, -0.05) is 23.2 Å². The summed E-state index contributed by atoms with van der Waals surface area (Å²) in [4.78, 5) is 17.7. The highest BCUT2D eigenvalue weighted by Gasteiger charge is 2.30. The molecule has 0 unspecified atom stereocenters. The average molecular weight is 407 g/mol. The van der Waals surface area contributed by atoms with E-state index >= 15 is 0 Å². The highest BCUT2D eigenvalue weighted by molar-refractivity contribution is 6.32. The lowest BCUT2D eigenvalue weighted by atomic mass is 9.79. The van der Waals surface area contributed by atoms with Gasteiger partial charge in [0, 0.05) is 26.2 Å². The highest BCUT2D eigenvalue weighted by atomic mass is 35.5. The van der Waals surface area contributed by atoms with E-state index < -0.39 is 0 Å². The molecular formula is C19H24Cl2N6. The first-order valence-electron chi connectivity index (χ1n) is 9.49. The second-order valence-corrected chi connectivity index (χ2v) is 8.23. The maximum atomic E-state index is 5.98. The summed E-state index contributed by atoms with van der Waals surface area (Å²) in [5.74, 6) is 3.69. The average Bonchev–Trinajstić information content (AvgIpc) is 2.71. The Labute approximate surface area is 169 Å². The molecule has 0 saturated carbocycles. The summed E-state index contributed by atoms with van der Waals surface area (Å²) >= 11 is 11.9. The number of hydrogen-bond acceptors (Lipinski definition) is 6. The molecule has 0 bridgehead atoms. The minimum absolute atomic E-state index is 0.410. The van der Waals surface area contributed by atoms with E-state index in [9.17, 15) is 0 Å². The van der Waals surface area contributed by atoms with Crippen LogP contribution in [0.25, 0.3) is 0 Å². The molecule has 0 aliphatic carbocycles. The third kappa shape index (κ3) is 4.22. The van der Waals surface area contributed by atoms with Crippen LogP contribution in [0.1, 0.15) is 25.7 Å². The quantitative estimate of drug-likeness (QED) is 0.833. The lowest BCUT2D eigenvalue weighted by Gasteiger charge is -2.40. The number of anilines is 3. The second kappa shape index (κ2) is 8.07. The monoisotopic (exact) mass is 406 g/mol. The molecule has 0 atom stereocenters. The summed E-state index contributed by atoms with van der Waals surface area (Å²) in [6.07, 6.45) is 8.14. The van der Waals surface area contributed by atoms with Gasteiger partial charge in [0.1, 0.15) is 11.6 Å². The second-order valence-electron chi connectivity index (χ2n) is 7.39. The molecule has 2 aromatic rings. The maximum Gasteiger partial charge on any atom is 0.225 e. The molecule has 4 heterocycles. The number of pyridine rings is 1. The van der Waals surface area contributed by atoms with Gasteiger partial charge in [-0.2, -0.15) is 0 Å². The van der Waals surface area contributed by atoms with E-state index in [1.54, 1.807) is 12.4 Å². The first-order valence-corrected chi connectivity index (χ1v) is 10.2. The van der Waals surface area contributed by atoms with Gasteiger partial charge >= 0.3 is 0 Å². The van der Waals surface area contributed by atoms with E-state index in [0.29, 0.717) is 15.9 Å². The van der Waals surface area contributed by atoms with Crippen molar-refractivity contribution in [1.29, 1.82) is 0 Å². The van der Waals surface area contributed by atoms with Gasteiger partial charge in [0.2, 0.25) is 5.95 Å². The van der Waals surface area contributed by atoms with Crippen molar-refractivity contribution in [2.24, 2.45) is 11.8 Å². The van der Waals surface area contributed by atoms with Crippen LogP contribution in [0.2, 0.25) is 10.0 Å². The van der Waals surface area contributed by atoms with Crippen molar-refractivity contribution in [1.82, 2.24) is 15.0 Å². The zero-order valence-electron chi connectivity index (χ0n) is 15.2. The van der Waals surface area contributed by atoms with E-state index in [-0.39, 0.29) is 0 Å². The van der Waals surface area contributed by atoms with Gasteiger partial charge in [0.05, 0.1) is 22.4 Å². The Kier molecular flexibility index (Phi) is 5.55. The Bertz CT molecular complexity index is 768. The van der Waals surface area contributed by atoms with Crippen LogP contribution in [0, 0.1) is 11.8 Å². The number of aromatic nitrogens is 3. The van der Waals surface area contributed by atoms with Gasteiger partial charge in [-0.25, -0.2) is 15.0 Å². The Balaban J connectivity index is 1.29. The summed E-state index contributed by atoms with van der Waals surface area (Å²) in [6, 6.07) is 3.80. The molecule has 144 valence electrons. The zero-order valence-corrected chi connectivity index (χ0v) is 16.7. The van der Waals surface area contributed by atoms with Crippen LogP contribution in [0.5, 0.6) is 0 Å². The van der Waals surface area contributed by atoms with Gasteiger partial charge in [0.25, 0.3) is 0 Å². The Morgan fingerprint density at radius 3 is 1.96 bits per heavy atom. The molecule has 2 N–H and O–H groups in total. The summed E-state index contributed by atoms with van der Waals surface area (Å²) < 4.78 is 0. The predicted molar refractivity (Wildman–Crippen MR) is 111 cm³/mol. The van der Waals surface area contributed by atoms with Crippen LogP contribution in [-0.4, -0.2) is 41.1 Å². The Morgan fingerprint density at radius 1 is 0.852 bits per heavy atom. The number of piperidine rings is 2. The molecule has 0 spiro atoms. The fourth-order valence-electron chi connectivity index (χ4n) is 4.26. The van der Waals surface area contributed by atoms with Crippen LogP contribution in [0.3, 0.4) is 0 Å². The molecule has 2 aliphatic rings. The highest BCUT2D eigenvalue weighted by Crippen LogP contribution is 2.34. The standard InChI is InChI=1S/C19H24Cl2N6/c20-15-11-23-19(24-12-15)27-9-5-14(6-10-27)13-3-7-26(8-4-13)17-2-1-16(21)18(22)25-17/h1-2,11-14H,3-10H2,(H2,22,25). The van der Waals surface area contributed by atoms with E-state index in [4.69, 9.17) is 28.9 Å². The smallest absolute Gasteiger partial charge is 0.225 e. The van der Waals surface area contributed by atoms with Gasteiger partial charge in [-0.3, -0.25) is 0 Å². The minimum atomic E-state index is 0.410. The van der Waals surface area contributed by atoms with Crippen LogP contribution in [-0.2, 0) is 0 Å². The third-order valence-electron chi connectivity index (χ3n) is 5.82. The first kappa shape index (κ1) is 18.6. The van der Waals surface area contributed by atoms with Crippen molar-refractivity contribution in [3.05, 3.63) is 34.6 Å². The number of nitrogen functional groups attached to an aromatic ring is 1. The summed E-state index contributed by atoms with van der Waals surface area (Å²) in [7, 11) is 0. The van der Waals surface area contributed by atoms with Crippen molar-refractivity contribution in [3.63, 3.8) is 0 Å². The summed E-state index contributed by atoms with van der Waals surface area (Å²) in [6.45, 7) is 4.09. The summed E-state index contributed by atoms with van der Waals surface area (Å²) in [5.41, 5.74) is 5.85. The minimum Gasteiger partial charge on any atom is -0.382 e. The van der Waals surface area contributed by atoms with Crippen LogP contribution >= 0.6 is 23.2 Å². The van der Waals surface area contributed by atoms with Crippen LogP contribution in [0.15, 0.2) is 24.5 Å². The molecular weight excluding hydrogens is 383 g/mol. The molecule has 0 radical (unpaired) electrons.